The Bertz CT molecular complexity index is 314. The molecule has 0 aliphatic heterocycles. The van der Waals surface area contributed by atoms with E-state index in [4.69, 9.17) is 0 Å². The molecule has 0 N–H and O–H groups in total. The van der Waals surface area contributed by atoms with Crippen molar-refractivity contribution in [2.45, 2.75) is 51.9 Å². The van der Waals surface area contributed by atoms with E-state index in [1.165, 1.54) is 24.0 Å². The molecular weight excluding hydrogens is 192 g/mol. The molecule has 0 bridgehead atoms. The van der Waals surface area contributed by atoms with Crippen molar-refractivity contribution >= 4 is 0 Å². The summed E-state index contributed by atoms with van der Waals surface area (Å²) in [7, 11) is 0. The summed E-state index contributed by atoms with van der Waals surface area (Å²) in [5, 5.41) is 0. The Balaban J connectivity index is 2.81. The summed E-state index contributed by atoms with van der Waals surface area (Å²) in [5.74, 6) is 0. The standard InChI is InChI=1S/C16H24/c1-5-8-9-14-10-12-15(13-11-14)16(4,6-2)7-3/h5,10-13H,1,6-9H2,2-4H3. The fraction of sp³-hybridized carbons (Fsp3) is 0.500. The molecule has 0 unspecified atom stereocenters. The number of benzene rings is 1. The molecule has 0 saturated carbocycles. The number of aryl methyl sites for hydroxylation is 1. The average molecular weight is 216 g/mol. The lowest BCUT2D eigenvalue weighted by Gasteiger charge is -2.27. The third kappa shape index (κ3) is 2.98. The number of allylic oxidation sites excluding steroid dienone is 1. The van der Waals surface area contributed by atoms with E-state index in [-0.39, 0.29) is 0 Å². The van der Waals surface area contributed by atoms with Crippen LogP contribution in [0.5, 0.6) is 0 Å². The highest BCUT2D eigenvalue weighted by molar-refractivity contribution is 5.28. The molecule has 0 heteroatoms. The lowest BCUT2D eigenvalue weighted by molar-refractivity contribution is 0.439. The molecular formula is C16H24. The van der Waals surface area contributed by atoms with Gasteiger partial charge < -0.3 is 0 Å². The van der Waals surface area contributed by atoms with Gasteiger partial charge in [-0.3, -0.25) is 0 Å². The normalized spacial score (nSPS) is 11.4. The smallest absolute Gasteiger partial charge is 0.00805 e. The summed E-state index contributed by atoms with van der Waals surface area (Å²) in [5.41, 5.74) is 3.23. The van der Waals surface area contributed by atoms with Crippen LogP contribution >= 0.6 is 0 Å². The summed E-state index contributed by atoms with van der Waals surface area (Å²) in [6.45, 7) is 10.7. The first kappa shape index (κ1) is 13.0. The van der Waals surface area contributed by atoms with Crippen molar-refractivity contribution in [1.82, 2.24) is 0 Å². The van der Waals surface area contributed by atoms with Crippen LogP contribution in [0.25, 0.3) is 0 Å². The van der Waals surface area contributed by atoms with E-state index in [1.807, 2.05) is 6.08 Å². The molecule has 0 aliphatic carbocycles. The van der Waals surface area contributed by atoms with Crippen LogP contribution in [-0.4, -0.2) is 0 Å². The van der Waals surface area contributed by atoms with E-state index in [1.54, 1.807) is 0 Å². The van der Waals surface area contributed by atoms with Gasteiger partial charge >= 0.3 is 0 Å². The van der Waals surface area contributed by atoms with Gasteiger partial charge in [0.15, 0.2) is 0 Å². The molecule has 0 saturated heterocycles. The second-order valence-corrected chi connectivity index (χ2v) is 4.79. The van der Waals surface area contributed by atoms with Gasteiger partial charge in [0, 0.05) is 0 Å². The molecule has 88 valence electrons. The third-order valence-corrected chi connectivity index (χ3v) is 3.85. The fourth-order valence-corrected chi connectivity index (χ4v) is 2.00. The minimum absolute atomic E-state index is 0.344. The minimum atomic E-state index is 0.344. The number of rotatable bonds is 6. The van der Waals surface area contributed by atoms with Crippen LogP contribution in [0.3, 0.4) is 0 Å². The van der Waals surface area contributed by atoms with E-state index in [0.717, 1.165) is 12.8 Å². The Morgan fingerprint density at radius 3 is 2.12 bits per heavy atom. The first-order valence-electron chi connectivity index (χ1n) is 6.36. The van der Waals surface area contributed by atoms with Gasteiger partial charge in [-0.15, -0.1) is 6.58 Å². The van der Waals surface area contributed by atoms with Gasteiger partial charge in [-0.1, -0.05) is 51.1 Å². The average Bonchev–Trinajstić information content (AvgIpc) is 2.36. The zero-order chi connectivity index (χ0) is 12.0. The molecule has 0 atom stereocenters. The van der Waals surface area contributed by atoms with Crippen molar-refractivity contribution in [2.75, 3.05) is 0 Å². The van der Waals surface area contributed by atoms with Crippen LogP contribution in [0.15, 0.2) is 36.9 Å². The summed E-state index contributed by atoms with van der Waals surface area (Å²) in [4.78, 5) is 0. The van der Waals surface area contributed by atoms with Crippen LogP contribution in [0.4, 0.5) is 0 Å². The second-order valence-electron chi connectivity index (χ2n) is 4.79. The quantitative estimate of drug-likeness (QED) is 0.594. The van der Waals surface area contributed by atoms with Crippen LogP contribution in [0.1, 0.15) is 51.2 Å². The van der Waals surface area contributed by atoms with Crippen LogP contribution in [0, 0.1) is 0 Å². The Hall–Kier alpha value is -1.04. The maximum atomic E-state index is 3.76. The SMILES string of the molecule is C=CCCc1ccc(C(C)(CC)CC)cc1. The molecule has 0 nitrogen and oxygen atoms in total. The molecule has 0 heterocycles. The van der Waals surface area contributed by atoms with Gasteiger partial charge in [0.05, 0.1) is 0 Å². The first-order valence-corrected chi connectivity index (χ1v) is 6.36. The van der Waals surface area contributed by atoms with Crippen molar-refractivity contribution in [2.24, 2.45) is 0 Å². The van der Waals surface area contributed by atoms with E-state index >= 15 is 0 Å². The third-order valence-electron chi connectivity index (χ3n) is 3.85. The highest BCUT2D eigenvalue weighted by Crippen LogP contribution is 2.30. The molecule has 0 amide bonds. The van der Waals surface area contributed by atoms with Crippen LogP contribution < -0.4 is 0 Å². The molecule has 0 fully saturated rings. The Labute approximate surface area is 100 Å². The highest BCUT2D eigenvalue weighted by atomic mass is 14.3. The van der Waals surface area contributed by atoms with Crippen LogP contribution in [0.2, 0.25) is 0 Å². The van der Waals surface area contributed by atoms with Gasteiger partial charge in [0.25, 0.3) is 0 Å². The molecule has 16 heavy (non-hydrogen) atoms. The largest absolute Gasteiger partial charge is 0.103 e. The fourth-order valence-electron chi connectivity index (χ4n) is 2.00. The van der Waals surface area contributed by atoms with Gasteiger partial charge in [-0.05, 0) is 42.2 Å². The monoisotopic (exact) mass is 216 g/mol. The van der Waals surface area contributed by atoms with E-state index in [0.29, 0.717) is 5.41 Å². The predicted molar refractivity (Wildman–Crippen MR) is 72.9 cm³/mol. The Morgan fingerprint density at radius 1 is 1.12 bits per heavy atom. The Morgan fingerprint density at radius 2 is 1.69 bits per heavy atom. The van der Waals surface area contributed by atoms with Crippen molar-refractivity contribution < 1.29 is 0 Å². The summed E-state index contributed by atoms with van der Waals surface area (Å²) >= 11 is 0. The minimum Gasteiger partial charge on any atom is -0.103 e. The summed E-state index contributed by atoms with van der Waals surface area (Å²) < 4.78 is 0. The van der Waals surface area contributed by atoms with E-state index in [9.17, 15) is 0 Å². The second kappa shape index (κ2) is 5.89. The zero-order valence-electron chi connectivity index (χ0n) is 10.9. The zero-order valence-corrected chi connectivity index (χ0v) is 10.9. The van der Waals surface area contributed by atoms with Crippen molar-refractivity contribution in [3.05, 3.63) is 48.0 Å². The first-order chi connectivity index (χ1) is 7.66. The predicted octanol–water partition coefficient (Wildman–Crippen LogP) is 4.88. The molecule has 0 aromatic heterocycles. The molecule has 1 rings (SSSR count). The maximum absolute atomic E-state index is 3.76. The summed E-state index contributed by atoms with van der Waals surface area (Å²) in [6.07, 6.45) is 6.57. The van der Waals surface area contributed by atoms with Gasteiger partial charge in [-0.2, -0.15) is 0 Å². The lowest BCUT2D eigenvalue weighted by atomic mass is 9.77. The topological polar surface area (TPSA) is 0 Å². The van der Waals surface area contributed by atoms with Crippen molar-refractivity contribution in [3.63, 3.8) is 0 Å². The van der Waals surface area contributed by atoms with Gasteiger partial charge in [-0.25, -0.2) is 0 Å². The van der Waals surface area contributed by atoms with Crippen LogP contribution in [-0.2, 0) is 11.8 Å². The van der Waals surface area contributed by atoms with E-state index in [2.05, 4.69) is 51.6 Å². The molecule has 0 radical (unpaired) electrons. The molecule has 1 aromatic carbocycles. The summed E-state index contributed by atoms with van der Waals surface area (Å²) in [6, 6.07) is 9.13. The van der Waals surface area contributed by atoms with E-state index < -0.39 is 0 Å². The van der Waals surface area contributed by atoms with Crippen molar-refractivity contribution in [3.8, 4) is 0 Å². The lowest BCUT2D eigenvalue weighted by Crippen LogP contribution is -2.19. The van der Waals surface area contributed by atoms with Gasteiger partial charge in [0.2, 0.25) is 0 Å². The van der Waals surface area contributed by atoms with Gasteiger partial charge in [0.1, 0.15) is 0 Å². The molecule has 1 aromatic rings. The number of hydrogen-bond donors (Lipinski definition) is 0. The molecule has 0 spiro atoms. The number of hydrogen-bond acceptors (Lipinski definition) is 0. The molecule has 0 aliphatic rings. The maximum Gasteiger partial charge on any atom is -0.00805 e. The highest BCUT2D eigenvalue weighted by Gasteiger charge is 2.21. The Kier molecular flexibility index (Phi) is 4.79. The van der Waals surface area contributed by atoms with Crippen molar-refractivity contribution in [1.29, 1.82) is 0 Å².